The van der Waals surface area contributed by atoms with Crippen molar-refractivity contribution in [3.8, 4) is 0 Å². The Balaban J connectivity index is 0.000000845. The summed E-state index contributed by atoms with van der Waals surface area (Å²) >= 11 is 0. The Morgan fingerprint density at radius 3 is 2.43 bits per heavy atom. The van der Waals surface area contributed by atoms with E-state index in [4.69, 9.17) is 0 Å². The minimum Gasteiger partial charge on any atom is -0.317 e. The molecule has 0 radical (unpaired) electrons. The first-order valence-electron chi connectivity index (χ1n) is 4.58. The van der Waals surface area contributed by atoms with Crippen LogP contribution in [0.25, 0.3) is 0 Å². The van der Waals surface area contributed by atoms with Crippen molar-refractivity contribution in [3.05, 3.63) is 30.1 Å². The summed E-state index contributed by atoms with van der Waals surface area (Å²) in [7, 11) is 0. The van der Waals surface area contributed by atoms with Crippen LogP contribution in [0.15, 0.2) is 24.4 Å². The number of piperidine rings is 1. The minimum atomic E-state index is 0. The van der Waals surface area contributed by atoms with E-state index in [0.717, 1.165) is 13.1 Å². The van der Waals surface area contributed by atoms with Crippen LogP contribution in [-0.2, 0) is 0 Å². The second kappa shape index (κ2) is 7.04. The molecule has 80 valence electrons. The molecule has 0 unspecified atom stereocenters. The molecule has 14 heavy (non-hydrogen) atoms. The fourth-order valence-corrected chi connectivity index (χ4v) is 1.74. The van der Waals surface area contributed by atoms with Crippen LogP contribution in [0.3, 0.4) is 0 Å². The summed E-state index contributed by atoms with van der Waals surface area (Å²) in [6, 6.07) is 6.19. The van der Waals surface area contributed by atoms with Crippen molar-refractivity contribution in [3.63, 3.8) is 0 Å². The zero-order valence-electron chi connectivity index (χ0n) is 7.98. The molecule has 1 fully saturated rings. The van der Waals surface area contributed by atoms with Crippen molar-refractivity contribution in [1.29, 1.82) is 0 Å². The molecule has 0 aromatic carbocycles. The van der Waals surface area contributed by atoms with Crippen LogP contribution in [0.4, 0.5) is 0 Å². The molecule has 0 spiro atoms. The quantitative estimate of drug-likeness (QED) is 0.808. The summed E-state index contributed by atoms with van der Waals surface area (Å²) < 4.78 is 0. The number of pyridine rings is 1. The van der Waals surface area contributed by atoms with Gasteiger partial charge >= 0.3 is 0 Å². The van der Waals surface area contributed by atoms with E-state index in [1.165, 1.54) is 18.5 Å². The maximum atomic E-state index is 4.37. The molecular formula is C10H16Cl2N2. The van der Waals surface area contributed by atoms with Gasteiger partial charge in [-0.05, 0) is 38.1 Å². The molecule has 0 aliphatic carbocycles. The first-order valence-corrected chi connectivity index (χ1v) is 4.58. The number of hydrogen-bond donors (Lipinski definition) is 1. The molecule has 1 N–H and O–H groups in total. The van der Waals surface area contributed by atoms with Crippen LogP contribution in [-0.4, -0.2) is 18.1 Å². The highest BCUT2D eigenvalue weighted by molar-refractivity contribution is 5.85. The third-order valence-electron chi connectivity index (χ3n) is 2.45. The average Bonchev–Trinajstić information content (AvgIpc) is 2.21. The lowest BCUT2D eigenvalue weighted by Gasteiger charge is -2.21. The minimum absolute atomic E-state index is 0. The molecule has 2 heterocycles. The lowest BCUT2D eigenvalue weighted by molar-refractivity contribution is 0.453. The Kier molecular flexibility index (Phi) is 6.89. The predicted octanol–water partition coefficient (Wildman–Crippen LogP) is 2.39. The van der Waals surface area contributed by atoms with E-state index in [1.807, 2.05) is 12.3 Å². The van der Waals surface area contributed by atoms with E-state index in [1.54, 1.807) is 0 Å². The van der Waals surface area contributed by atoms with Gasteiger partial charge in [0.1, 0.15) is 0 Å². The van der Waals surface area contributed by atoms with Gasteiger partial charge in [-0.2, -0.15) is 0 Å². The van der Waals surface area contributed by atoms with Gasteiger partial charge in [0.2, 0.25) is 0 Å². The standard InChI is InChI=1S/C10H14N2.2ClH/c1-2-6-12-10(3-1)9-4-7-11-8-5-9;;/h1-3,6,9,11H,4-5,7-8H2;2*1H. The molecule has 0 saturated carbocycles. The molecular weight excluding hydrogens is 219 g/mol. The summed E-state index contributed by atoms with van der Waals surface area (Å²) in [5.41, 5.74) is 1.26. The first-order chi connectivity index (χ1) is 5.97. The van der Waals surface area contributed by atoms with Crippen LogP contribution < -0.4 is 5.32 Å². The van der Waals surface area contributed by atoms with Gasteiger partial charge in [-0.1, -0.05) is 6.07 Å². The second-order valence-corrected chi connectivity index (χ2v) is 3.28. The Hall–Kier alpha value is -0.310. The zero-order valence-corrected chi connectivity index (χ0v) is 9.61. The second-order valence-electron chi connectivity index (χ2n) is 3.28. The molecule has 0 amide bonds. The normalized spacial score (nSPS) is 16.6. The van der Waals surface area contributed by atoms with Gasteiger partial charge in [0.05, 0.1) is 0 Å². The smallest absolute Gasteiger partial charge is 0.0435 e. The van der Waals surface area contributed by atoms with E-state index >= 15 is 0 Å². The lowest BCUT2D eigenvalue weighted by Crippen LogP contribution is -2.26. The third kappa shape index (κ3) is 3.45. The zero-order chi connectivity index (χ0) is 8.23. The topological polar surface area (TPSA) is 24.9 Å². The van der Waals surface area contributed by atoms with Crippen LogP contribution >= 0.6 is 24.8 Å². The maximum absolute atomic E-state index is 4.37. The fraction of sp³-hybridized carbons (Fsp3) is 0.500. The number of rotatable bonds is 1. The number of nitrogens with zero attached hydrogens (tertiary/aromatic N) is 1. The molecule has 1 aliphatic rings. The summed E-state index contributed by atoms with van der Waals surface area (Å²) in [6.07, 6.45) is 4.35. The summed E-state index contributed by atoms with van der Waals surface area (Å²) in [4.78, 5) is 4.37. The Bertz CT molecular complexity index is 235. The monoisotopic (exact) mass is 234 g/mol. The molecule has 2 rings (SSSR count). The van der Waals surface area contributed by atoms with Gasteiger partial charge in [-0.3, -0.25) is 4.98 Å². The highest BCUT2D eigenvalue weighted by Crippen LogP contribution is 2.22. The van der Waals surface area contributed by atoms with Crippen molar-refractivity contribution in [2.45, 2.75) is 18.8 Å². The number of hydrogen-bond acceptors (Lipinski definition) is 2. The Morgan fingerprint density at radius 2 is 1.86 bits per heavy atom. The van der Waals surface area contributed by atoms with Crippen LogP contribution in [0.5, 0.6) is 0 Å². The summed E-state index contributed by atoms with van der Waals surface area (Å²) in [6.45, 7) is 2.28. The van der Waals surface area contributed by atoms with Gasteiger partial charge in [0.25, 0.3) is 0 Å². The van der Waals surface area contributed by atoms with Gasteiger partial charge in [-0.15, -0.1) is 24.8 Å². The van der Waals surface area contributed by atoms with E-state index < -0.39 is 0 Å². The summed E-state index contributed by atoms with van der Waals surface area (Å²) in [5.74, 6) is 0.687. The van der Waals surface area contributed by atoms with Gasteiger partial charge in [0.15, 0.2) is 0 Å². The maximum Gasteiger partial charge on any atom is 0.0435 e. The van der Waals surface area contributed by atoms with E-state index in [-0.39, 0.29) is 24.8 Å². The summed E-state index contributed by atoms with van der Waals surface area (Å²) in [5, 5.41) is 3.36. The number of aromatic nitrogens is 1. The van der Waals surface area contributed by atoms with E-state index in [2.05, 4.69) is 22.4 Å². The number of nitrogens with one attached hydrogen (secondary N) is 1. The highest BCUT2D eigenvalue weighted by atomic mass is 35.5. The molecule has 0 atom stereocenters. The molecule has 0 bridgehead atoms. The van der Waals surface area contributed by atoms with Crippen LogP contribution in [0.2, 0.25) is 0 Å². The lowest BCUT2D eigenvalue weighted by atomic mass is 9.94. The molecule has 1 aromatic heterocycles. The fourth-order valence-electron chi connectivity index (χ4n) is 1.74. The molecule has 4 heteroatoms. The SMILES string of the molecule is Cl.Cl.c1ccc(C2CCNCC2)nc1. The van der Waals surface area contributed by atoms with E-state index in [0.29, 0.717) is 5.92 Å². The molecule has 1 aliphatic heterocycles. The average molecular weight is 235 g/mol. The predicted molar refractivity (Wildman–Crippen MR) is 63.6 cm³/mol. The third-order valence-corrected chi connectivity index (χ3v) is 2.45. The van der Waals surface area contributed by atoms with Crippen LogP contribution in [0, 0.1) is 0 Å². The van der Waals surface area contributed by atoms with Crippen molar-refractivity contribution in [2.75, 3.05) is 13.1 Å². The van der Waals surface area contributed by atoms with Gasteiger partial charge in [0, 0.05) is 17.8 Å². The Morgan fingerprint density at radius 1 is 1.14 bits per heavy atom. The van der Waals surface area contributed by atoms with Crippen molar-refractivity contribution in [2.24, 2.45) is 0 Å². The highest BCUT2D eigenvalue weighted by Gasteiger charge is 2.15. The van der Waals surface area contributed by atoms with Crippen molar-refractivity contribution >= 4 is 24.8 Å². The largest absolute Gasteiger partial charge is 0.317 e. The van der Waals surface area contributed by atoms with Gasteiger partial charge in [-0.25, -0.2) is 0 Å². The molecule has 1 aromatic rings. The Labute approximate surface area is 97.3 Å². The van der Waals surface area contributed by atoms with E-state index in [9.17, 15) is 0 Å². The van der Waals surface area contributed by atoms with Gasteiger partial charge < -0.3 is 5.32 Å². The first kappa shape index (κ1) is 13.7. The van der Waals surface area contributed by atoms with Crippen LogP contribution in [0.1, 0.15) is 24.5 Å². The number of halogens is 2. The molecule has 2 nitrogen and oxygen atoms in total. The van der Waals surface area contributed by atoms with Crippen molar-refractivity contribution < 1.29 is 0 Å². The van der Waals surface area contributed by atoms with Crippen molar-refractivity contribution in [1.82, 2.24) is 10.3 Å². The molecule has 1 saturated heterocycles.